The summed E-state index contributed by atoms with van der Waals surface area (Å²) in [6.45, 7) is 11.7. The monoisotopic (exact) mass is 301 g/mol. The van der Waals surface area contributed by atoms with Crippen LogP contribution in [0, 0.1) is 20.8 Å². The SMILES string of the molecule is CCCOc1cc(C)c(C(CC)Cc2cn[nH]n2)c(C)c1C. The van der Waals surface area contributed by atoms with Crippen molar-refractivity contribution >= 4 is 0 Å². The lowest BCUT2D eigenvalue weighted by Crippen LogP contribution is -2.09. The van der Waals surface area contributed by atoms with Gasteiger partial charge in [-0.25, -0.2) is 0 Å². The summed E-state index contributed by atoms with van der Waals surface area (Å²) >= 11 is 0. The van der Waals surface area contributed by atoms with Crippen molar-refractivity contribution in [3.05, 3.63) is 40.2 Å². The molecular formula is C18H27N3O. The quantitative estimate of drug-likeness (QED) is 0.831. The minimum absolute atomic E-state index is 0.462. The Labute approximate surface area is 133 Å². The molecule has 0 radical (unpaired) electrons. The minimum atomic E-state index is 0.462. The number of H-pyrrole nitrogens is 1. The van der Waals surface area contributed by atoms with E-state index in [1.165, 1.54) is 22.3 Å². The van der Waals surface area contributed by atoms with Gasteiger partial charge < -0.3 is 4.74 Å². The molecule has 2 rings (SSSR count). The Morgan fingerprint density at radius 3 is 2.55 bits per heavy atom. The number of nitrogens with zero attached hydrogens (tertiary/aromatic N) is 2. The van der Waals surface area contributed by atoms with Gasteiger partial charge in [0.15, 0.2) is 0 Å². The molecule has 0 fully saturated rings. The van der Waals surface area contributed by atoms with Crippen LogP contribution in [0.5, 0.6) is 5.75 Å². The van der Waals surface area contributed by atoms with Crippen molar-refractivity contribution in [1.29, 1.82) is 0 Å². The fourth-order valence-electron chi connectivity index (χ4n) is 3.08. The maximum atomic E-state index is 5.89. The molecule has 0 aliphatic carbocycles. The van der Waals surface area contributed by atoms with Gasteiger partial charge in [0, 0.05) is 0 Å². The maximum absolute atomic E-state index is 5.89. The lowest BCUT2D eigenvalue weighted by molar-refractivity contribution is 0.314. The predicted octanol–water partition coefficient (Wildman–Crippen LogP) is 4.26. The Balaban J connectivity index is 2.34. The van der Waals surface area contributed by atoms with E-state index < -0.39 is 0 Å². The fraction of sp³-hybridized carbons (Fsp3) is 0.556. The van der Waals surface area contributed by atoms with Crippen LogP contribution in [-0.2, 0) is 6.42 Å². The molecule has 1 N–H and O–H groups in total. The molecule has 0 aliphatic heterocycles. The Hall–Kier alpha value is -1.84. The zero-order valence-electron chi connectivity index (χ0n) is 14.4. The van der Waals surface area contributed by atoms with Gasteiger partial charge >= 0.3 is 0 Å². The number of aryl methyl sites for hydroxylation is 1. The normalized spacial score (nSPS) is 12.4. The number of rotatable bonds is 7. The van der Waals surface area contributed by atoms with Crippen molar-refractivity contribution in [2.75, 3.05) is 6.61 Å². The molecule has 4 nitrogen and oxygen atoms in total. The predicted molar refractivity (Wildman–Crippen MR) is 89.6 cm³/mol. The third kappa shape index (κ3) is 3.49. The molecule has 4 heteroatoms. The highest BCUT2D eigenvalue weighted by Gasteiger charge is 2.19. The molecular weight excluding hydrogens is 274 g/mol. The minimum Gasteiger partial charge on any atom is -0.493 e. The zero-order valence-corrected chi connectivity index (χ0v) is 14.4. The summed E-state index contributed by atoms with van der Waals surface area (Å²) in [5, 5.41) is 10.8. The van der Waals surface area contributed by atoms with Crippen LogP contribution < -0.4 is 4.74 Å². The molecule has 1 aromatic carbocycles. The van der Waals surface area contributed by atoms with E-state index in [9.17, 15) is 0 Å². The summed E-state index contributed by atoms with van der Waals surface area (Å²) in [5.74, 6) is 1.49. The van der Waals surface area contributed by atoms with Crippen LogP contribution in [0.4, 0.5) is 0 Å². The van der Waals surface area contributed by atoms with E-state index in [0.29, 0.717) is 5.92 Å². The van der Waals surface area contributed by atoms with E-state index >= 15 is 0 Å². The first kappa shape index (κ1) is 16.5. The van der Waals surface area contributed by atoms with Crippen molar-refractivity contribution in [3.63, 3.8) is 0 Å². The average molecular weight is 301 g/mol. The van der Waals surface area contributed by atoms with Crippen LogP contribution in [0.25, 0.3) is 0 Å². The number of ether oxygens (including phenoxy) is 1. The smallest absolute Gasteiger partial charge is 0.122 e. The van der Waals surface area contributed by atoms with Crippen molar-refractivity contribution in [2.45, 2.75) is 59.8 Å². The molecule has 1 unspecified atom stereocenters. The fourth-order valence-corrected chi connectivity index (χ4v) is 3.08. The van der Waals surface area contributed by atoms with Gasteiger partial charge in [-0.15, -0.1) is 0 Å². The van der Waals surface area contributed by atoms with E-state index in [1.54, 1.807) is 0 Å². The van der Waals surface area contributed by atoms with Crippen LogP contribution >= 0.6 is 0 Å². The Morgan fingerprint density at radius 2 is 1.95 bits per heavy atom. The molecule has 22 heavy (non-hydrogen) atoms. The van der Waals surface area contributed by atoms with Gasteiger partial charge in [-0.05, 0) is 74.3 Å². The van der Waals surface area contributed by atoms with Crippen LogP contribution in [0.1, 0.15) is 60.6 Å². The van der Waals surface area contributed by atoms with E-state index in [4.69, 9.17) is 4.74 Å². The number of aromatic amines is 1. The van der Waals surface area contributed by atoms with Gasteiger partial charge in [0.25, 0.3) is 0 Å². The standard InChI is InChI=1S/C18H27N3O/c1-6-8-22-17-9-12(3)18(14(5)13(17)4)15(7-2)10-16-11-19-21-20-16/h9,11,15H,6-8,10H2,1-5H3,(H,19,20,21). The number of aromatic nitrogens is 3. The number of hydrogen-bond acceptors (Lipinski definition) is 3. The second-order valence-electron chi connectivity index (χ2n) is 5.97. The van der Waals surface area contributed by atoms with E-state index in [0.717, 1.165) is 37.3 Å². The van der Waals surface area contributed by atoms with Crippen LogP contribution in [0.3, 0.4) is 0 Å². The van der Waals surface area contributed by atoms with E-state index in [2.05, 4.69) is 56.1 Å². The first-order chi connectivity index (χ1) is 10.6. The Morgan fingerprint density at radius 1 is 1.18 bits per heavy atom. The Kier molecular flexibility index (Phi) is 5.58. The molecule has 120 valence electrons. The van der Waals surface area contributed by atoms with Gasteiger partial charge in [0.2, 0.25) is 0 Å². The largest absolute Gasteiger partial charge is 0.493 e. The van der Waals surface area contributed by atoms with Crippen molar-refractivity contribution < 1.29 is 4.74 Å². The number of benzene rings is 1. The summed E-state index contributed by atoms with van der Waals surface area (Å²) in [4.78, 5) is 0. The van der Waals surface area contributed by atoms with Crippen LogP contribution in [-0.4, -0.2) is 22.0 Å². The Bertz CT molecular complexity index is 605. The van der Waals surface area contributed by atoms with E-state index in [-0.39, 0.29) is 0 Å². The van der Waals surface area contributed by atoms with Gasteiger partial charge in [-0.1, -0.05) is 13.8 Å². The third-order valence-corrected chi connectivity index (χ3v) is 4.39. The zero-order chi connectivity index (χ0) is 16.1. The maximum Gasteiger partial charge on any atom is 0.122 e. The molecule has 1 atom stereocenters. The highest BCUT2D eigenvalue weighted by Crippen LogP contribution is 2.35. The van der Waals surface area contributed by atoms with Crippen molar-refractivity contribution in [1.82, 2.24) is 15.4 Å². The summed E-state index contributed by atoms with van der Waals surface area (Å²) in [7, 11) is 0. The van der Waals surface area contributed by atoms with Crippen LogP contribution in [0.2, 0.25) is 0 Å². The highest BCUT2D eigenvalue weighted by molar-refractivity contribution is 5.49. The topological polar surface area (TPSA) is 50.8 Å². The average Bonchev–Trinajstić information content (AvgIpc) is 3.01. The lowest BCUT2D eigenvalue weighted by atomic mass is 9.84. The molecule has 0 spiro atoms. The molecule has 1 heterocycles. The summed E-state index contributed by atoms with van der Waals surface area (Å²) in [6.07, 6.45) is 4.86. The van der Waals surface area contributed by atoms with Crippen LogP contribution in [0.15, 0.2) is 12.3 Å². The third-order valence-electron chi connectivity index (χ3n) is 4.39. The van der Waals surface area contributed by atoms with Crippen molar-refractivity contribution in [3.8, 4) is 5.75 Å². The second kappa shape index (κ2) is 7.43. The molecule has 2 aromatic rings. The lowest BCUT2D eigenvalue weighted by Gasteiger charge is -2.23. The first-order valence-corrected chi connectivity index (χ1v) is 8.16. The summed E-state index contributed by atoms with van der Waals surface area (Å²) in [6, 6.07) is 2.19. The molecule has 0 saturated carbocycles. The highest BCUT2D eigenvalue weighted by atomic mass is 16.5. The van der Waals surface area contributed by atoms with Crippen molar-refractivity contribution in [2.24, 2.45) is 0 Å². The molecule has 0 bridgehead atoms. The van der Waals surface area contributed by atoms with Gasteiger partial charge in [-0.2, -0.15) is 15.4 Å². The second-order valence-corrected chi connectivity index (χ2v) is 5.97. The molecule has 0 aliphatic rings. The molecule has 0 amide bonds. The number of nitrogens with one attached hydrogen (secondary N) is 1. The molecule has 0 saturated heterocycles. The summed E-state index contributed by atoms with van der Waals surface area (Å²) in [5.41, 5.74) is 6.38. The first-order valence-electron chi connectivity index (χ1n) is 8.16. The number of hydrogen-bond donors (Lipinski definition) is 1. The van der Waals surface area contributed by atoms with Gasteiger partial charge in [0.1, 0.15) is 5.75 Å². The van der Waals surface area contributed by atoms with Gasteiger partial charge in [0.05, 0.1) is 18.5 Å². The van der Waals surface area contributed by atoms with Gasteiger partial charge in [-0.3, -0.25) is 0 Å². The molecule has 1 aromatic heterocycles. The van der Waals surface area contributed by atoms with E-state index in [1.807, 2.05) is 6.20 Å². The summed E-state index contributed by atoms with van der Waals surface area (Å²) < 4.78 is 5.89.